The monoisotopic (exact) mass is 1160 g/mol. The molecule has 0 bridgehead atoms. The van der Waals surface area contributed by atoms with Crippen molar-refractivity contribution in [1.29, 1.82) is 0 Å². The number of aliphatic hydroxyl groups excluding tert-OH is 3. The van der Waals surface area contributed by atoms with Gasteiger partial charge in [0.2, 0.25) is 59.1 Å². The number of rotatable bonds is 36. The lowest BCUT2D eigenvalue weighted by Gasteiger charge is -2.28. The van der Waals surface area contributed by atoms with E-state index in [2.05, 4.69) is 55.2 Å². The van der Waals surface area contributed by atoms with Crippen LogP contribution >= 0.6 is 12.6 Å². The molecule has 11 atom stereocenters. The van der Waals surface area contributed by atoms with Crippen molar-refractivity contribution in [3.05, 3.63) is 65.7 Å². The summed E-state index contributed by atoms with van der Waals surface area (Å²) in [5, 5.41) is 88.2. The van der Waals surface area contributed by atoms with Gasteiger partial charge in [-0.2, -0.15) is 12.6 Å². The molecule has 0 aliphatic carbocycles. The van der Waals surface area contributed by atoms with Crippen LogP contribution in [0.3, 0.4) is 0 Å². The molecule has 446 valence electrons. The fourth-order valence-electron chi connectivity index (χ4n) is 7.16. The highest BCUT2D eigenvalue weighted by molar-refractivity contribution is 7.80. The van der Waals surface area contributed by atoms with Gasteiger partial charge in [0.1, 0.15) is 60.1 Å². The van der Waals surface area contributed by atoms with Crippen LogP contribution in [0.25, 0.3) is 0 Å². The van der Waals surface area contributed by atoms with Crippen LogP contribution in [0.4, 0.5) is 0 Å². The Morgan fingerprint density at radius 2 is 0.864 bits per heavy atom. The number of nitrogens with one attached hydrogen (secondary N) is 9. The number of primary amides is 1. The van der Waals surface area contributed by atoms with Crippen molar-refractivity contribution in [2.24, 2.45) is 11.5 Å². The highest BCUT2D eigenvalue weighted by Gasteiger charge is 2.36. The number of aliphatic carboxylic acids is 3. The van der Waals surface area contributed by atoms with Crippen LogP contribution in [0.2, 0.25) is 0 Å². The molecule has 0 aliphatic heterocycles. The van der Waals surface area contributed by atoms with Crippen LogP contribution in [0.5, 0.6) is 5.75 Å². The highest BCUT2D eigenvalue weighted by Crippen LogP contribution is 2.14. The number of phenols is 1. The van der Waals surface area contributed by atoms with Gasteiger partial charge < -0.3 is 95.1 Å². The van der Waals surface area contributed by atoms with Crippen LogP contribution in [-0.2, 0) is 75.2 Å². The van der Waals surface area contributed by atoms with E-state index in [4.69, 9.17) is 21.7 Å². The summed E-state index contributed by atoms with van der Waals surface area (Å²) in [6.45, 7) is -0.0738. The molecule has 0 saturated carbocycles. The number of aliphatic hydroxyl groups is 3. The van der Waals surface area contributed by atoms with Crippen LogP contribution < -0.4 is 59.3 Å². The number of amides is 10. The van der Waals surface area contributed by atoms with Crippen molar-refractivity contribution in [3.63, 3.8) is 0 Å². The lowest BCUT2D eigenvalue weighted by molar-refractivity contribution is -0.142. The first-order chi connectivity index (χ1) is 38.1. The van der Waals surface area contributed by atoms with Crippen molar-refractivity contribution >= 4 is 89.6 Å². The lowest BCUT2D eigenvalue weighted by atomic mass is 10.0. The Hall–Kier alpha value is -8.46. The predicted molar refractivity (Wildman–Crippen MR) is 282 cm³/mol. The number of carboxylic acids is 3. The number of hydrogen-bond acceptors (Lipinski definition) is 19. The van der Waals surface area contributed by atoms with Crippen LogP contribution in [-0.4, -0.2) is 198 Å². The van der Waals surface area contributed by atoms with Crippen LogP contribution in [0, 0.1) is 0 Å². The van der Waals surface area contributed by atoms with Crippen LogP contribution in [0.15, 0.2) is 54.6 Å². The SMILES string of the molecule is C[C@H](NC(=O)[C@H](CO)NC(=O)[C@H](CS)NC(=O)[C@@H](NC(=O)[C@H](CO)NC(=O)[C@H](CCC(N)=O)NC(=O)[C@H](Cc1ccc(O)cc1)NC(=O)[C@H](Cc1ccccc1)NC(=O)[C@H](CCC(=O)O)NC(=O)[C@@H](N)CCC(=O)O)[C@@H](C)O)C(=O)O. The molecule has 0 aliphatic rings. The number of phenolic OH excluding ortho intramolecular Hbond substituents is 1. The topological polar surface area (TPSA) is 524 Å². The van der Waals surface area contributed by atoms with E-state index in [1.807, 2.05) is 5.32 Å². The second kappa shape index (κ2) is 34.5. The number of hydrogen-bond donors (Lipinski definition) is 19. The average molecular weight is 1160 g/mol. The summed E-state index contributed by atoms with van der Waals surface area (Å²) in [7, 11) is 0. The molecule has 2 aromatic rings. The molecular weight excluding hydrogens is 1090 g/mol. The van der Waals surface area contributed by atoms with Crippen molar-refractivity contribution in [2.45, 2.75) is 132 Å². The summed E-state index contributed by atoms with van der Waals surface area (Å²) < 4.78 is 0. The van der Waals surface area contributed by atoms with E-state index in [0.717, 1.165) is 13.8 Å². The van der Waals surface area contributed by atoms with Crippen molar-refractivity contribution < 1.29 is 98.1 Å². The third-order valence-electron chi connectivity index (χ3n) is 11.8. The fourth-order valence-corrected chi connectivity index (χ4v) is 7.41. The molecule has 2 rings (SSSR count). The molecule has 0 saturated heterocycles. The molecule has 0 aromatic heterocycles. The Bertz CT molecular complexity index is 2540. The van der Waals surface area contributed by atoms with Gasteiger partial charge in [0, 0.05) is 37.9 Å². The second-order valence-electron chi connectivity index (χ2n) is 18.3. The third-order valence-corrected chi connectivity index (χ3v) is 12.1. The Labute approximate surface area is 467 Å². The summed E-state index contributed by atoms with van der Waals surface area (Å²) in [5.74, 6) is -16.1. The molecule has 20 N–H and O–H groups in total. The zero-order chi connectivity index (χ0) is 61.1. The maximum atomic E-state index is 14.4. The molecule has 10 amide bonds. The number of carboxylic acid groups (broad SMARTS) is 3. The molecule has 0 spiro atoms. The Balaban J connectivity index is 2.47. The lowest BCUT2D eigenvalue weighted by Crippen LogP contribution is -2.63. The Kier molecular flexibility index (Phi) is 29.3. The molecule has 0 fully saturated rings. The maximum Gasteiger partial charge on any atom is 0.325 e. The summed E-state index contributed by atoms with van der Waals surface area (Å²) in [6.07, 6.45) is -5.68. The predicted octanol–water partition coefficient (Wildman–Crippen LogP) is -6.74. The second-order valence-corrected chi connectivity index (χ2v) is 18.7. The number of carbonyl (C=O) groups is 13. The molecule has 0 radical (unpaired) electrons. The first-order valence-corrected chi connectivity index (χ1v) is 25.5. The maximum absolute atomic E-state index is 14.4. The number of benzene rings is 2. The van der Waals surface area contributed by atoms with Gasteiger partial charge in [-0.15, -0.1) is 0 Å². The molecule has 81 heavy (non-hydrogen) atoms. The van der Waals surface area contributed by atoms with E-state index >= 15 is 0 Å². The van der Waals surface area contributed by atoms with Crippen molar-refractivity contribution in [1.82, 2.24) is 47.9 Å². The number of thiol groups is 1. The number of aromatic hydroxyl groups is 1. The largest absolute Gasteiger partial charge is 0.508 e. The summed E-state index contributed by atoms with van der Waals surface area (Å²) >= 11 is 4.01. The van der Waals surface area contributed by atoms with Gasteiger partial charge in [0.05, 0.1) is 25.4 Å². The van der Waals surface area contributed by atoms with E-state index in [0.29, 0.717) is 11.1 Å². The Morgan fingerprint density at radius 1 is 0.481 bits per heavy atom. The summed E-state index contributed by atoms with van der Waals surface area (Å²) in [5.41, 5.74) is 11.9. The van der Waals surface area contributed by atoms with E-state index in [-0.39, 0.29) is 18.6 Å². The quantitative estimate of drug-likeness (QED) is 0.0282. The molecule has 2 aromatic carbocycles. The van der Waals surface area contributed by atoms with E-state index in [9.17, 15) is 87.9 Å². The molecule has 0 heterocycles. The van der Waals surface area contributed by atoms with Gasteiger partial charge in [0.25, 0.3) is 0 Å². The van der Waals surface area contributed by atoms with Crippen molar-refractivity contribution in [3.8, 4) is 5.75 Å². The summed E-state index contributed by atoms with van der Waals surface area (Å²) in [4.78, 5) is 168. The molecule has 31 nitrogen and oxygen atoms in total. The van der Waals surface area contributed by atoms with E-state index in [1.54, 1.807) is 30.3 Å². The van der Waals surface area contributed by atoms with Gasteiger partial charge in [-0.25, -0.2) is 0 Å². The van der Waals surface area contributed by atoms with Crippen LogP contribution in [0.1, 0.15) is 63.5 Å². The third kappa shape index (κ3) is 24.6. The van der Waals surface area contributed by atoms with E-state index in [1.165, 1.54) is 24.3 Å². The zero-order valence-electron chi connectivity index (χ0n) is 43.9. The highest BCUT2D eigenvalue weighted by atomic mass is 32.1. The fraction of sp³-hybridized carbons (Fsp3) is 0.490. The average Bonchev–Trinajstić information content (AvgIpc) is 3.44. The Morgan fingerprint density at radius 3 is 1.31 bits per heavy atom. The molecule has 32 heteroatoms. The van der Waals surface area contributed by atoms with Gasteiger partial charge in [0.15, 0.2) is 0 Å². The zero-order valence-corrected chi connectivity index (χ0v) is 44.8. The van der Waals surface area contributed by atoms with E-state index < -0.39 is 201 Å². The van der Waals surface area contributed by atoms with Crippen molar-refractivity contribution in [2.75, 3.05) is 19.0 Å². The smallest absolute Gasteiger partial charge is 0.325 e. The minimum absolute atomic E-state index is 0.191. The number of nitrogens with two attached hydrogens (primary N) is 2. The molecular formula is C49H69N11O20S. The number of carbonyl (C=O) groups excluding carboxylic acids is 10. The summed E-state index contributed by atoms with van der Waals surface area (Å²) in [6, 6.07) is -3.63. The first kappa shape index (κ1) is 68.6. The van der Waals surface area contributed by atoms with Gasteiger partial charge in [-0.05, 0) is 56.4 Å². The van der Waals surface area contributed by atoms with Gasteiger partial charge in [-0.3, -0.25) is 62.3 Å². The minimum Gasteiger partial charge on any atom is -0.508 e. The first-order valence-electron chi connectivity index (χ1n) is 24.9. The van der Waals surface area contributed by atoms with Gasteiger partial charge in [-0.1, -0.05) is 42.5 Å². The normalized spacial score (nSPS) is 15.0. The minimum atomic E-state index is -1.99. The van der Waals surface area contributed by atoms with Gasteiger partial charge >= 0.3 is 17.9 Å². The standard InChI is InChI=1S/C49H69N11O20S/c1-23(49(79)80)52-45(75)33(20-61)58-47(77)35(22-81)59-48(78)39(24(2)63)60-46(76)34(21-62)57-42(72)29(13-15-36(51)65)54-43(73)32(19-26-8-10-27(64)11-9-26)56-44(74)31(18-25-6-4-3-5-7-25)55-41(71)30(14-17-38(68)69)53-40(70)28(50)12-16-37(66)67/h3-11,23-24,28-35,39,61-64,81H,12-22,50H2,1-2H3,(H2,51,65)(H,52,75)(H,53,70)(H,54,73)(H,55,71)(H,56,74)(H,57,72)(H,58,77)(H,59,78)(H,60,76)(H,66,67)(H,68,69)(H,79,80)/t23-,24+,28-,29-,30-,31-,32-,33-,34-,35-,39-/m0/s1. The molecule has 0 unspecified atom stereocenters.